The Kier molecular flexibility index (Phi) is 7.36. The maximum atomic E-state index is 5.60. The highest BCUT2D eigenvalue weighted by Crippen LogP contribution is 2.45. The number of rotatable bonds is 3. The Morgan fingerprint density at radius 3 is 1.05 bits per heavy atom. The van der Waals surface area contributed by atoms with Gasteiger partial charge in [0, 0.05) is 33.5 Å². The largest absolute Gasteiger partial charge is 0.379 e. The highest BCUT2D eigenvalue weighted by Gasteiger charge is 2.43. The predicted molar refractivity (Wildman–Crippen MR) is 97.9 cm³/mol. The van der Waals surface area contributed by atoms with Crippen LogP contribution in [0.5, 0.6) is 0 Å². The van der Waals surface area contributed by atoms with Crippen LogP contribution < -0.4 is 0 Å². The molecule has 2 saturated carbocycles. The van der Waals surface area contributed by atoms with Gasteiger partial charge in [-0.1, -0.05) is 63.7 Å². The van der Waals surface area contributed by atoms with E-state index in [9.17, 15) is 0 Å². The fourth-order valence-electron chi connectivity index (χ4n) is 3.70. The molecule has 118 valence electrons. The van der Waals surface area contributed by atoms with Gasteiger partial charge in [0.15, 0.2) is 0 Å². The molecule has 0 amide bonds. The first-order chi connectivity index (χ1) is 9.47. The van der Waals surface area contributed by atoms with Crippen molar-refractivity contribution in [3.63, 3.8) is 0 Å². The van der Waals surface area contributed by atoms with Gasteiger partial charge in [-0.2, -0.15) is 0 Å². The number of ether oxygens (including phenoxy) is 2. The van der Waals surface area contributed by atoms with E-state index in [0.717, 1.165) is 11.8 Å². The van der Waals surface area contributed by atoms with Gasteiger partial charge in [0.1, 0.15) is 0 Å². The predicted octanol–water partition coefficient (Wildman–Crippen LogP) is 4.89. The van der Waals surface area contributed by atoms with Crippen molar-refractivity contribution >= 4 is 63.7 Å². The van der Waals surface area contributed by atoms with Crippen LogP contribution in [0.15, 0.2) is 0 Å². The lowest BCUT2D eigenvalue weighted by Gasteiger charge is -2.44. The summed E-state index contributed by atoms with van der Waals surface area (Å²) in [5, 5.41) is 0. The van der Waals surface area contributed by atoms with Gasteiger partial charge in [-0.3, -0.25) is 0 Å². The molecule has 0 aromatic rings. The lowest BCUT2D eigenvalue weighted by molar-refractivity contribution is 0.0351. The van der Waals surface area contributed by atoms with E-state index >= 15 is 0 Å². The zero-order chi connectivity index (χ0) is 14.9. The van der Waals surface area contributed by atoms with Crippen molar-refractivity contribution in [2.45, 2.75) is 57.2 Å². The first kappa shape index (κ1) is 18.2. The molecule has 0 saturated heterocycles. The van der Waals surface area contributed by atoms with E-state index in [1.807, 2.05) is 0 Å². The molecule has 0 heterocycles. The van der Waals surface area contributed by atoms with Crippen molar-refractivity contribution < 1.29 is 9.47 Å². The molecule has 0 aromatic carbocycles. The Morgan fingerprint density at radius 2 is 0.850 bits per heavy atom. The highest BCUT2D eigenvalue weighted by molar-refractivity contribution is 9.10. The maximum absolute atomic E-state index is 5.60. The van der Waals surface area contributed by atoms with Gasteiger partial charge in [0.2, 0.25) is 0 Å². The Bertz CT molecular complexity index is 264. The van der Waals surface area contributed by atoms with Gasteiger partial charge in [0.25, 0.3) is 0 Å². The normalized spacial score (nSPS) is 50.1. The summed E-state index contributed by atoms with van der Waals surface area (Å²) < 4.78 is 11.2. The smallest absolute Gasteiger partial charge is 0.0821 e. The van der Waals surface area contributed by atoms with E-state index in [4.69, 9.17) is 9.47 Å². The summed E-state index contributed by atoms with van der Waals surface area (Å²) in [4.78, 5) is 1.77. The lowest BCUT2D eigenvalue weighted by atomic mass is 9.72. The summed E-state index contributed by atoms with van der Waals surface area (Å²) in [7, 11) is 3.61. The molecule has 0 spiro atoms. The average molecular weight is 542 g/mol. The van der Waals surface area contributed by atoms with E-state index in [1.54, 1.807) is 14.2 Å². The fourth-order valence-corrected chi connectivity index (χ4v) is 8.78. The second-order valence-electron chi connectivity index (χ2n) is 5.93. The number of hydrogen-bond donors (Lipinski definition) is 0. The number of halogens is 4. The minimum atomic E-state index is 0.279. The molecule has 0 radical (unpaired) electrons. The van der Waals surface area contributed by atoms with Crippen LogP contribution in [-0.2, 0) is 9.47 Å². The molecule has 0 N–H and O–H groups in total. The Labute approximate surface area is 155 Å². The first-order valence-corrected chi connectivity index (χ1v) is 10.8. The van der Waals surface area contributed by atoms with Gasteiger partial charge < -0.3 is 9.47 Å². The van der Waals surface area contributed by atoms with Crippen LogP contribution in [0.3, 0.4) is 0 Å². The van der Waals surface area contributed by atoms with Gasteiger partial charge in [-0.25, -0.2) is 0 Å². The van der Waals surface area contributed by atoms with E-state index in [-0.39, 0.29) is 12.2 Å². The summed E-state index contributed by atoms with van der Waals surface area (Å²) in [6, 6.07) is 0. The zero-order valence-corrected chi connectivity index (χ0v) is 18.1. The van der Waals surface area contributed by atoms with Gasteiger partial charge in [0.05, 0.1) is 12.2 Å². The number of alkyl halides is 4. The standard InChI is InChI=1S/C14H22Br4O2/c1-19-13-9(15)3-7(4-10(13)16)8-5-11(17)14(20-2)12(18)6-8/h7-14H,3-6H2,1-2H3. The molecule has 2 aliphatic carbocycles. The van der Waals surface area contributed by atoms with Crippen molar-refractivity contribution in [2.75, 3.05) is 14.2 Å². The summed E-state index contributed by atoms with van der Waals surface area (Å²) >= 11 is 15.3. The third-order valence-corrected chi connectivity index (χ3v) is 8.33. The van der Waals surface area contributed by atoms with Crippen molar-refractivity contribution in [1.29, 1.82) is 0 Å². The summed E-state index contributed by atoms with van der Waals surface area (Å²) in [6.45, 7) is 0. The van der Waals surface area contributed by atoms with E-state index in [0.29, 0.717) is 19.3 Å². The van der Waals surface area contributed by atoms with Crippen LogP contribution in [0, 0.1) is 11.8 Å². The molecular formula is C14H22Br4O2. The first-order valence-electron chi connectivity index (χ1n) is 7.09. The van der Waals surface area contributed by atoms with Crippen LogP contribution in [0.1, 0.15) is 25.7 Å². The second kappa shape index (κ2) is 8.09. The molecule has 2 nitrogen and oxygen atoms in total. The molecule has 2 rings (SSSR count). The highest BCUT2D eigenvalue weighted by atomic mass is 79.9. The second-order valence-corrected chi connectivity index (χ2v) is 10.6. The summed E-state index contributed by atoms with van der Waals surface area (Å²) in [6.07, 6.45) is 5.34. The topological polar surface area (TPSA) is 18.5 Å². The van der Waals surface area contributed by atoms with Crippen molar-refractivity contribution in [3.05, 3.63) is 0 Å². The number of methoxy groups -OCH3 is 2. The molecular weight excluding hydrogens is 520 g/mol. The minimum absolute atomic E-state index is 0.279. The molecule has 20 heavy (non-hydrogen) atoms. The van der Waals surface area contributed by atoms with Gasteiger partial charge >= 0.3 is 0 Å². The van der Waals surface area contributed by atoms with Crippen molar-refractivity contribution in [2.24, 2.45) is 11.8 Å². The van der Waals surface area contributed by atoms with Crippen molar-refractivity contribution in [3.8, 4) is 0 Å². The maximum Gasteiger partial charge on any atom is 0.0821 e. The van der Waals surface area contributed by atoms with Gasteiger partial charge in [-0.15, -0.1) is 0 Å². The van der Waals surface area contributed by atoms with Gasteiger partial charge in [-0.05, 0) is 37.5 Å². The lowest BCUT2D eigenvalue weighted by Crippen LogP contribution is -2.46. The Morgan fingerprint density at radius 1 is 0.600 bits per heavy atom. The Hall–Kier alpha value is 1.84. The molecule has 0 aromatic heterocycles. The molecule has 0 bridgehead atoms. The van der Waals surface area contributed by atoms with Crippen LogP contribution in [0.2, 0.25) is 0 Å². The molecule has 4 unspecified atom stereocenters. The summed E-state index contributed by atoms with van der Waals surface area (Å²) in [5.74, 6) is 1.49. The van der Waals surface area contributed by atoms with Crippen LogP contribution in [0.4, 0.5) is 0 Å². The molecule has 2 aliphatic rings. The van der Waals surface area contributed by atoms with Crippen LogP contribution in [-0.4, -0.2) is 45.7 Å². The molecule has 0 aliphatic heterocycles. The van der Waals surface area contributed by atoms with Crippen molar-refractivity contribution in [1.82, 2.24) is 0 Å². The number of hydrogen-bond acceptors (Lipinski definition) is 2. The molecule has 4 atom stereocenters. The molecule has 2 fully saturated rings. The monoisotopic (exact) mass is 538 g/mol. The van der Waals surface area contributed by atoms with E-state index < -0.39 is 0 Å². The third-order valence-electron chi connectivity index (χ3n) is 4.75. The van der Waals surface area contributed by atoms with E-state index in [2.05, 4.69) is 63.7 Å². The Balaban J connectivity index is 1.99. The van der Waals surface area contributed by atoms with E-state index in [1.165, 1.54) is 25.7 Å². The SMILES string of the molecule is COC1C(Br)CC(C2CC(Br)C(OC)C(Br)C2)CC1Br. The fraction of sp³-hybridized carbons (Fsp3) is 1.00. The zero-order valence-electron chi connectivity index (χ0n) is 11.8. The van der Waals surface area contributed by atoms with Crippen LogP contribution in [0.25, 0.3) is 0 Å². The average Bonchev–Trinajstić information content (AvgIpc) is 2.37. The minimum Gasteiger partial charge on any atom is -0.379 e. The van der Waals surface area contributed by atoms with Crippen LogP contribution >= 0.6 is 63.7 Å². The quantitative estimate of drug-likeness (QED) is 0.474. The third kappa shape index (κ3) is 4.02. The molecule has 6 heteroatoms. The summed E-state index contributed by atoms with van der Waals surface area (Å²) in [5.41, 5.74) is 0.